The minimum atomic E-state index is -0.316. The van der Waals surface area contributed by atoms with Crippen LogP contribution in [0.2, 0.25) is 0 Å². The van der Waals surface area contributed by atoms with E-state index in [1.54, 1.807) is 55.5 Å². The van der Waals surface area contributed by atoms with Crippen molar-refractivity contribution in [2.75, 3.05) is 10.6 Å². The van der Waals surface area contributed by atoms with Crippen LogP contribution < -0.4 is 15.4 Å². The summed E-state index contributed by atoms with van der Waals surface area (Å²) in [5.41, 5.74) is 1.65. The third kappa shape index (κ3) is 5.41. The van der Waals surface area contributed by atoms with E-state index in [4.69, 9.17) is 9.26 Å². The van der Waals surface area contributed by atoms with Crippen molar-refractivity contribution in [1.82, 2.24) is 10.1 Å². The van der Waals surface area contributed by atoms with Crippen LogP contribution >= 0.6 is 0 Å². The van der Waals surface area contributed by atoms with Crippen molar-refractivity contribution < 1.29 is 18.8 Å². The van der Waals surface area contributed by atoms with Crippen molar-refractivity contribution >= 4 is 23.2 Å². The number of para-hydroxylation sites is 1. The predicted molar refractivity (Wildman–Crippen MR) is 108 cm³/mol. The molecule has 2 amide bonds. The molecule has 0 saturated carbocycles. The topological polar surface area (TPSA) is 106 Å². The SMILES string of the molecule is Cc1nc(COc2ccccc2C(=O)Nc2ccc(NC(=O)C(C)C)cc2)no1. The molecule has 1 heterocycles. The number of ether oxygens (including phenoxy) is 1. The second-order valence-corrected chi connectivity index (χ2v) is 6.69. The standard InChI is InChI=1S/C21H22N4O4/c1-13(2)20(26)23-15-8-10-16(11-9-15)24-21(27)17-6-4-5-7-18(17)28-12-19-22-14(3)29-25-19/h4-11,13H,12H2,1-3H3,(H,23,26)(H,24,27). The summed E-state index contributed by atoms with van der Waals surface area (Å²) in [7, 11) is 0. The van der Waals surface area contributed by atoms with E-state index < -0.39 is 0 Å². The zero-order chi connectivity index (χ0) is 20.8. The van der Waals surface area contributed by atoms with Crippen LogP contribution in [-0.2, 0) is 11.4 Å². The van der Waals surface area contributed by atoms with Gasteiger partial charge in [-0.1, -0.05) is 31.1 Å². The molecule has 29 heavy (non-hydrogen) atoms. The highest BCUT2D eigenvalue weighted by molar-refractivity contribution is 6.06. The van der Waals surface area contributed by atoms with E-state index in [0.717, 1.165) is 0 Å². The molecule has 0 radical (unpaired) electrons. The number of aryl methyl sites for hydroxylation is 1. The lowest BCUT2D eigenvalue weighted by atomic mass is 10.1. The van der Waals surface area contributed by atoms with Crippen molar-refractivity contribution in [3.63, 3.8) is 0 Å². The van der Waals surface area contributed by atoms with Crippen LogP contribution in [0.15, 0.2) is 53.1 Å². The number of hydrogen-bond donors (Lipinski definition) is 2. The number of carbonyl (C=O) groups is 2. The summed E-state index contributed by atoms with van der Waals surface area (Å²) in [6.45, 7) is 5.43. The van der Waals surface area contributed by atoms with Crippen LogP contribution in [0.4, 0.5) is 11.4 Å². The molecule has 150 valence electrons. The van der Waals surface area contributed by atoms with Gasteiger partial charge in [0.1, 0.15) is 5.75 Å². The third-order valence-electron chi connectivity index (χ3n) is 3.99. The first-order valence-electron chi connectivity index (χ1n) is 9.15. The van der Waals surface area contributed by atoms with E-state index in [1.165, 1.54) is 0 Å². The number of aromatic nitrogens is 2. The molecule has 0 saturated heterocycles. The van der Waals surface area contributed by atoms with Gasteiger partial charge in [-0.3, -0.25) is 9.59 Å². The van der Waals surface area contributed by atoms with E-state index in [2.05, 4.69) is 20.8 Å². The Balaban J connectivity index is 1.65. The molecule has 0 atom stereocenters. The normalized spacial score (nSPS) is 10.6. The van der Waals surface area contributed by atoms with Crippen LogP contribution in [0, 0.1) is 12.8 Å². The molecular formula is C21H22N4O4. The molecule has 2 N–H and O–H groups in total. The number of amides is 2. The fourth-order valence-electron chi connectivity index (χ4n) is 2.44. The molecule has 0 fully saturated rings. The Hall–Kier alpha value is -3.68. The van der Waals surface area contributed by atoms with Gasteiger partial charge in [-0.25, -0.2) is 0 Å². The summed E-state index contributed by atoms with van der Waals surface area (Å²) < 4.78 is 10.6. The van der Waals surface area contributed by atoms with Crippen molar-refractivity contribution in [2.24, 2.45) is 5.92 Å². The first-order chi connectivity index (χ1) is 13.9. The molecule has 0 aliphatic heterocycles. The summed E-state index contributed by atoms with van der Waals surface area (Å²) in [6, 6.07) is 13.8. The van der Waals surface area contributed by atoms with Gasteiger partial charge in [0.15, 0.2) is 6.61 Å². The highest BCUT2D eigenvalue weighted by Crippen LogP contribution is 2.21. The summed E-state index contributed by atoms with van der Waals surface area (Å²) in [5.74, 6) is 0.767. The fraction of sp³-hybridized carbons (Fsp3) is 0.238. The highest BCUT2D eigenvalue weighted by atomic mass is 16.5. The minimum absolute atomic E-state index is 0.0651. The number of nitrogens with one attached hydrogen (secondary N) is 2. The van der Waals surface area contributed by atoms with Crippen LogP contribution in [0.3, 0.4) is 0 Å². The summed E-state index contributed by atoms with van der Waals surface area (Å²) in [5, 5.41) is 9.40. The number of anilines is 2. The molecule has 0 bridgehead atoms. The van der Waals surface area contributed by atoms with Crippen LogP contribution in [-0.4, -0.2) is 22.0 Å². The van der Waals surface area contributed by atoms with Crippen LogP contribution in [0.5, 0.6) is 5.75 Å². The maximum absolute atomic E-state index is 12.7. The van der Waals surface area contributed by atoms with Gasteiger partial charge >= 0.3 is 0 Å². The Morgan fingerprint density at radius 3 is 2.31 bits per heavy atom. The number of rotatable bonds is 7. The van der Waals surface area contributed by atoms with E-state index in [1.807, 2.05) is 13.8 Å². The number of carbonyl (C=O) groups excluding carboxylic acids is 2. The maximum atomic E-state index is 12.7. The van der Waals surface area contributed by atoms with Gasteiger partial charge in [0.05, 0.1) is 5.56 Å². The average molecular weight is 394 g/mol. The first-order valence-corrected chi connectivity index (χ1v) is 9.15. The summed E-state index contributed by atoms with van der Waals surface area (Å²) in [6.07, 6.45) is 0. The van der Waals surface area contributed by atoms with Gasteiger partial charge < -0.3 is 19.9 Å². The minimum Gasteiger partial charge on any atom is -0.485 e. The molecule has 3 rings (SSSR count). The van der Waals surface area contributed by atoms with Gasteiger partial charge in [-0.2, -0.15) is 4.98 Å². The Morgan fingerprint density at radius 2 is 1.69 bits per heavy atom. The van der Waals surface area contributed by atoms with Crippen molar-refractivity contribution in [2.45, 2.75) is 27.4 Å². The zero-order valence-corrected chi connectivity index (χ0v) is 16.4. The van der Waals surface area contributed by atoms with Gasteiger partial charge in [0.25, 0.3) is 5.91 Å². The summed E-state index contributed by atoms with van der Waals surface area (Å²) in [4.78, 5) is 28.5. The quantitative estimate of drug-likeness (QED) is 0.631. The van der Waals surface area contributed by atoms with Crippen LogP contribution in [0.25, 0.3) is 0 Å². The number of hydrogen-bond acceptors (Lipinski definition) is 6. The molecular weight excluding hydrogens is 372 g/mol. The van der Waals surface area contributed by atoms with Gasteiger partial charge in [-0.05, 0) is 36.4 Å². The molecule has 0 aliphatic rings. The Labute approximate surface area is 168 Å². The lowest BCUT2D eigenvalue weighted by Gasteiger charge is -2.12. The molecule has 3 aromatic rings. The monoisotopic (exact) mass is 394 g/mol. The van der Waals surface area contributed by atoms with Crippen LogP contribution in [0.1, 0.15) is 35.9 Å². The Bertz CT molecular complexity index is 996. The molecule has 2 aromatic carbocycles. The molecule has 1 aromatic heterocycles. The van der Waals surface area contributed by atoms with Gasteiger partial charge in [0, 0.05) is 24.2 Å². The van der Waals surface area contributed by atoms with Crippen molar-refractivity contribution in [1.29, 1.82) is 0 Å². The second kappa shape index (κ2) is 9.01. The number of benzene rings is 2. The maximum Gasteiger partial charge on any atom is 0.259 e. The molecule has 0 unspecified atom stereocenters. The lowest BCUT2D eigenvalue weighted by Crippen LogP contribution is -2.17. The summed E-state index contributed by atoms with van der Waals surface area (Å²) >= 11 is 0. The Kier molecular flexibility index (Phi) is 6.23. The largest absolute Gasteiger partial charge is 0.485 e. The molecule has 8 heteroatoms. The molecule has 0 aliphatic carbocycles. The van der Waals surface area contributed by atoms with Gasteiger partial charge in [0.2, 0.25) is 17.6 Å². The first kappa shape index (κ1) is 20.1. The van der Waals surface area contributed by atoms with Gasteiger partial charge in [-0.15, -0.1) is 0 Å². The molecule has 0 spiro atoms. The van der Waals surface area contributed by atoms with Crippen molar-refractivity contribution in [3.8, 4) is 5.75 Å². The van der Waals surface area contributed by atoms with E-state index >= 15 is 0 Å². The zero-order valence-electron chi connectivity index (χ0n) is 16.4. The third-order valence-corrected chi connectivity index (χ3v) is 3.99. The Morgan fingerprint density at radius 1 is 1.03 bits per heavy atom. The second-order valence-electron chi connectivity index (χ2n) is 6.69. The van der Waals surface area contributed by atoms with Crippen molar-refractivity contribution in [3.05, 3.63) is 65.8 Å². The fourth-order valence-corrected chi connectivity index (χ4v) is 2.44. The number of nitrogens with zero attached hydrogens (tertiary/aromatic N) is 2. The van der Waals surface area contributed by atoms with E-state index in [-0.39, 0.29) is 24.3 Å². The average Bonchev–Trinajstić information content (AvgIpc) is 3.13. The smallest absolute Gasteiger partial charge is 0.259 e. The highest BCUT2D eigenvalue weighted by Gasteiger charge is 2.14. The predicted octanol–water partition coefficient (Wildman–Crippen LogP) is 3.80. The van der Waals surface area contributed by atoms with E-state index in [0.29, 0.717) is 34.4 Å². The van der Waals surface area contributed by atoms with E-state index in [9.17, 15) is 9.59 Å². The molecule has 8 nitrogen and oxygen atoms in total. The lowest BCUT2D eigenvalue weighted by molar-refractivity contribution is -0.118.